The molecule has 0 aliphatic heterocycles. The van der Waals surface area contributed by atoms with E-state index < -0.39 is 13.3 Å². The van der Waals surface area contributed by atoms with Crippen molar-refractivity contribution < 1.29 is 41.5 Å². The minimum absolute atomic E-state index is 0. The summed E-state index contributed by atoms with van der Waals surface area (Å²) in [6.45, 7) is 4.00. The summed E-state index contributed by atoms with van der Waals surface area (Å²) in [7, 11) is -2.17. The number of aliphatic carboxylic acids is 1. The third-order valence-electron chi connectivity index (χ3n) is 1.75. The van der Waals surface area contributed by atoms with Crippen molar-refractivity contribution in [3.05, 3.63) is 0 Å². The molecule has 94 valence electrons. The SMILES string of the molecule is CCCCC(CC)C(=O)O.OB(O)O.[Ni]. The van der Waals surface area contributed by atoms with Gasteiger partial charge in [0, 0.05) is 16.5 Å². The summed E-state index contributed by atoms with van der Waals surface area (Å²) in [4.78, 5) is 10.4. The minimum Gasteiger partial charge on any atom is -0.481 e. The quantitative estimate of drug-likeness (QED) is 0.533. The molecule has 0 amide bonds. The van der Waals surface area contributed by atoms with Gasteiger partial charge in [-0.25, -0.2) is 0 Å². The average Bonchev–Trinajstić information content (AvgIpc) is 2.04. The van der Waals surface area contributed by atoms with Crippen molar-refractivity contribution in [2.45, 2.75) is 39.5 Å². The number of rotatable bonds is 5. The first kappa shape index (κ1) is 20.3. The smallest absolute Gasteiger partial charge is 0.481 e. The van der Waals surface area contributed by atoms with Crippen LogP contribution in [-0.2, 0) is 21.3 Å². The average molecular weight is 265 g/mol. The molecule has 0 bridgehead atoms. The summed E-state index contributed by atoms with van der Waals surface area (Å²) in [6, 6.07) is 0. The fourth-order valence-electron chi connectivity index (χ4n) is 0.953. The maximum Gasteiger partial charge on any atom is 0.631 e. The Morgan fingerprint density at radius 3 is 1.87 bits per heavy atom. The summed E-state index contributed by atoms with van der Waals surface area (Å²) in [6.07, 6.45) is 3.71. The normalized spacial score (nSPS) is 10.5. The van der Waals surface area contributed by atoms with Gasteiger partial charge in [-0.15, -0.1) is 0 Å². The third-order valence-corrected chi connectivity index (χ3v) is 1.75. The van der Waals surface area contributed by atoms with Crippen LogP contribution in [0.1, 0.15) is 39.5 Å². The number of hydrogen-bond acceptors (Lipinski definition) is 4. The van der Waals surface area contributed by atoms with E-state index in [1.54, 1.807) is 0 Å². The first-order valence-electron chi connectivity index (χ1n) is 4.72. The molecule has 0 rings (SSSR count). The van der Waals surface area contributed by atoms with Crippen LogP contribution in [0.25, 0.3) is 0 Å². The van der Waals surface area contributed by atoms with E-state index in [0.717, 1.165) is 25.7 Å². The monoisotopic (exact) mass is 264 g/mol. The second-order valence-corrected chi connectivity index (χ2v) is 2.93. The Balaban J connectivity index is -0.000000249. The Hall–Kier alpha value is -0.0916. The zero-order chi connectivity index (χ0) is 11.6. The molecule has 0 heterocycles. The molecule has 0 radical (unpaired) electrons. The largest absolute Gasteiger partial charge is 0.631 e. The molecule has 1 atom stereocenters. The van der Waals surface area contributed by atoms with Gasteiger partial charge in [0.25, 0.3) is 0 Å². The van der Waals surface area contributed by atoms with Crippen LogP contribution in [0.3, 0.4) is 0 Å². The molecule has 0 aromatic carbocycles. The maximum atomic E-state index is 10.4. The van der Waals surface area contributed by atoms with Crippen molar-refractivity contribution in [1.29, 1.82) is 0 Å². The van der Waals surface area contributed by atoms with Crippen molar-refractivity contribution in [2.24, 2.45) is 5.92 Å². The standard InChI is InChI=1S/C8H16O2.BH3O3.Ni/c1-3-5-6-7(4-2)8(9)10;2-1(3)4;/h7H,3-6H2,1-2H3,(H,9,10);2-4H;. The molecule has 5 nitrogen and oxygen atoms in total. The summed E-state index contributed by atoms with van der Waals surface area (Å²) in [5, 5.41) is 30.1. The Labute approximate surface area is 101 Å². The van der Waals surface area contributed by atoms with Gasteiger partial charge in [0.15, 0.2) is 0 Å². The summed E-state index contributed by atoms with van der Waals surface area (Å²) < 4.78 is 0. The third kappa shape index (κ3) is 20.1. The summed E-state index contributed by atoms with van der Waals surface area (Å²) in [5.74, 6) is -0.754. The molecule has 15 heavy (non-hydrogen) atoms. The number of carbonyl (C=O) groups is 1. The van der Waals surface area contributed by atoms with Gasteiger partial charge in [0.2, 0.25) is 0 Å². The van der Waals surface area contributed by atoms with Crippen LogP contribution >= 0.6 is 0 Å². The van der Waals surface area contributed by atoms with E-state index in [9.17, 15) is 4.79 Å². The van der Waals surface area contributed by atoms with E-state index in [1.165, 1.54) is 0 Å². The van der Waals surface area contributed by atoms with Gasteiger partial charge in [0.05, 0.1) is 5.92 Å². The van der Waals surface area contributed by atoms with Crippen LogP contribution in [0.15, 0.2) is 0 Å². The van der Waals surface area contributed by atoms with E-state index in [2.05, 4.69) is 6.92 Å². The van der Waals surface area contributed by atoms with Crippen LogP contribution in [0, 0.1) is 5.92 Å². The fourth-order valence-corrected chi connectivity index (χ4v) is 0.953. The first-order chi connectivity index (χ1) is 6.45. The molecule has 0 aromatic rings. The van der Waals surface area contributed by atoms with Gasteiger partial charge in [-0.1, -0.05) is 26.7 Å². The maximum absolute atomic E-state index is 10.4. The fraction of sp³-hybridized carbons (Fsp3) is 0.875. The molecule has 0 saturated heterocycles. The topological polar surface area (TPSA) is 98.0 Å². The zero-order valence-corrected chi connectivity index (χ0v) is 9.98. The molecule has 4 N–H and O–H groups in total. The summed E-state index contributed by atoms with van der Waals surface area (Å²) >= 11 is 0. The molecule has 0 aliphatic rings. The van der Waals surface area contributed by atoms with Crippen LogP contribution in [-0.4, -0.2) is 33.5 Å². The minimum atomic E-state index is -2.17. The molecule has 0 aromatic heterocycles. The molecule has 1 unspecified atom stereocenters. The molecule has 0 spiro atoms. The number of carboxylic acids is 1. The number of unbranched alkanes of at least 4 members (excludes halogenated alkanes) is 1. The van der Waals surface area contributed by atoms with Crippen molar-refractivity contribution in [2.75, 3.05) is 0 Å². The van der Waals surface area contributed by atoms with E-state index >= 15 is 0 Å². The van der Waals surface area contributed by atoms with Gasteiger partial charge < -0.3 is 20.2 Å². The molecular formula is C8H19BNiO5. The molecule has 7 heteroatoms. The van der Waals surface area contributed by atoms with Crippen LogP contribution in [0.5, 0.6) is 0 Å². The van der Waals surface area contributed by atoms with Crippen molar-refractivity contribution >= 4 is 13.3 Å². The van der Waals surface area contributed by atoms with Gasteiger partial charge in [-0.2, -0.15) is 0 Å². The Kier molecular flexibility index (Phi) is 18.9. The predicted octanol–water partition coefficient (Wildman–Crippen LogP) is 0.233. The van der Waals surface area contributed by atoms with Crippen LogP contribution in [0.2, 0.25) is 0 Å². The Morgan fingerprint density at radius 2 is 1.67 bits per heavy atom. The van der Waals surface area contributed by atoms with E-state index in [0.29, 0.717) is 0 Å². The second-order valence-electron chi connectivity index (χ2n) is 2.93. The number of hydrogen-bond donors (Lipinski definition) is 4. The van der Waals surface area contributed by atoms with Gasteiger partial charge >= 0.3 is 13.3 Å². The van der Waals surface area contributed by atoms with E-state index in [1.807, 2.05) is 6.92 Å². The zero-order valence-electron chi connectivity index (χ0n) is 9.00. The first-order valence-corrected chi connectivity index (χ1v) is 4.72. The Morgan fingerprint density at radius 1 is 1.27 bits per heavy atom. The number of carboxylic acid groups (broad SMARTS) is 1. The van der Waals surface area contributed by atoms with Gasteiger partial charge in [0.1, 0.15) is 0 Å². The van der Waals surface area contributed by atoms with Gasteiger partial charge in [-0.3, -0.25) is 4.79 Å². The van der Waals surface area contributed by atoms with Crippen molar-refractivity contribution in [1.82, 2.24) is 0 Å². The Bertz CT molecular complexity index is 142. The second kappa shape index (κ2) is 13.9. The van der Waals surface area contributed by atoms with E-state index in [-0.39, 0.29) is 22.4 Å². The molecular weight excluding hydrogens is 246 g/mol. The van der Waals surface area contributed by atoms with Crippen molar-refractivity contribution in [3.8, 4) is 0 Å². The van der Waals surface area contributed by atoms with E-state index in [4.69, 9.17) is 20.2 Å². The molecule has 0 saturated carbocycles. The van der Waals surface area contributed by atoms with Crippen molar-refractivity contribution in [3.63, 3.8) is 0 Å². The van der Waals surface area contributed by atoms with Crippen LogP contribution in [0.4, 0.5) is 0 Å². The molecule has 0 aliphatic carbocycles. The summed E-state index contributed by atoms with van der Waals surface area (Å²) in [5.41, 5.74) is 0. The molecule has 0 fully saturated rings. The predicted molar refractivity (Wildman–Crippen MR) is 53.4 cm³/mol. The van der Waals surface area contributed by atoms with Crippen LogP contribution < -0.4 is 0 Å². The van der Waals surface area contributed by atoms with Gasteiger partial charge in [-0.05, 0) is 12.8 Å².